The van der Waals surface area contributed by atoms with Gasteiger partial charge in [0.05, 0.1) is 11.5 Å². The molecule has 7 heteroatoms. The van der Waals surface area contributed by atoms with E-state index in [0.29, 0.717) is 5.56 Å². The summed E-state index contributed by atoms with van der Waals surface area (Å²) in [6, 6.07) is 5.33. The Balaban J connectivity index is 2.79. The first-order chi connectivity index (χ1) is 8.37. The van der Waals surface area contributed by atoms with E-state index < -0.39 is 30.0 Å². The van der Waals surface area contributed by atoms with Gasteiger partial charge in [-0.05, 0) is 6.92 Å². The molecule has 1 unspecified atom stereocenters. The van der Waals surface area contributed by atoms with E-state index in [9.17, 15) is 18.9 Å². The molecule has 0 fully saturated rings. The standard InChI is InChI=1S/C11H14F2N2O3/c1-8(14-6-11(12,13)7-16)9-4-2-3-5-10(9)15(17)18/h2-5,8,14,16H,6-7H2,1H3. The average Bonchev–Trinajstić information content (AvgIpc) is 2.36. The van der Waals surface area contributed by atoms with Crippen molar-refractivity contribution in [3.05, 3.63) is 39.9 Å². The van der Waals surface area contributed by atoms with E-state index in [0.717, 1.165) is 0 Å². The molecular weight excluding hydrogens is 246 g/mol. The van der Waals surface area contributed by atoms with Crippen LogP contribution in [-0.2, 0) is 0 Å². The quantitative estimate of drug-likeness (QED) is 0.604. The monoisotopic (exact) mass is 260 g/mol. The summed E-state index contributed by atoms with van der Waals surface area (Å²) in [5.74, 6) is -3.24. The van der Waals surface area contributed by atoms with Crippen LogP contribution in [0.25, 0.3) is 0 Å². The normalized spacial score (nSPS) is 13.3. The molecule has 0 aliphatic heterocycles. The maximum absolute atomic E-state index is 12.8. The number of aliphatic hydroxyl groups excluding tert-OH is 1. The maximum Gasteiger partial charge on any atom is 0.282 e. The second kappa shape index (κ2) is 5.83. The molecule has 1 rings (SSSR count). The minimum Gasteiger partial charge on any atom is -0.390 e. The molecule has 100 valence electrons. The van der Waals surface area contributed by atoms with Crippen LogP contribution in [-0.4, -0.2) is 29.1 Å². The van der Waals surface area contributed by atoms with Crippen molar-refractivity contribution < 1.29 is 18.8 Å². The highest BCUT2D eigenvalue weighted by molar-refractivity contribution is 5.41. The molecule has 0 aliphatic rings. The fourth-order valence-corrected chi connectivity index (χ4v) is 1.49. The second-order valence-corrected chi connectivity index (χ2v) is 3.93. The number of rotatable bonds is 6. The molecule has 0 saturated carbocycles. The number of para-hydroxylation sites is 1. The highest BCUT2D eigenvalue weighted by atomic mass is 19.3. The summed E-state index contributed by atoms with van der Waals surface area (Å²) in [6.07, 6.45) is 0. The first-order valence-electron chi connectivity index (χ1n) is 5.33. The van der Waals surface area contributed by atoms with Gasteiger partial charge in [-0.15, -0.1) is 0 Å². The number of hydrogen-bond acceptors (Lipinski definition) is 4. The Morgan fingerprint density at radius 3 is 2.67 bits per heavy atom. The number of nitro groups is 1. The van der Waals surface area contributed by atoms with Gasteiger partial charge >= 0.3 is 0 Å². The Morgan fingerprint density at radius 1 is 1.50 bits per heavy atom. The SMILES string of the molecule is CC(NCC(F)(F)CO)c1ccccc1[N+](=O)[O-]. The largest absolute Gasteiger partial charge is 0.390 e. The molecule has 0 saturated heterocycles. The van der Waals surface area contributed by atoms with Gasteiger partial charge in [0.1, 0.15) is 6.61 Å². The Labute approximate surface area is 103 Å². The first-order valence-corrected chi connectivity index (χ1v) is 5.33. The lowest BCUT2D eigenvalue weighted by atomic mass is 10.1. The number of aliphatic hydroxyl groups is 1. The molecule has 18 heavy (non-hydrogen) atoms. The number of nitrogens with one attached hydrogen (secondary N) is 1. The molecule has 1 aromatic carbocycles. The fraction of sp³-hybridized carbons (Fsp3) is 0.455. The van der Waals surface area contributed by atoms with Crippen LogP contribution in [0.4, 0.5) is 14.5 Å². The van der Waals surface area contributed by atoms with Crippen LogP contribution >= 0.6 is 0 Å². The Morgan fingerprint density at radius 2 is 2.11 bits per heavy atom. The molecule has 1 atom stereocenters. The molecule has 1 aromatic rings. The zero-order valence-electron chi connectivity index (χ0n) is 9.77. The Bertz CT molecular complexity index is 427. The lowest BCUT2D eigenvalue weighted by Gasteiger charge is -2.18. The smallest absolute Gasteiger partial charge is 0.282 e. The van der Waals surface area contributed by atoms with Crippen molar-refractivity contribution in [3.63, 3.8) is 0 Å². The Hall–Kier alpha value is -1.60. The predicted molar refractivity (Wildman–Crippen MR) is 61.5 cm³/mol. The number of nitro benzene ring substituents is 1. The van der Waals surface area contributed by atoms with Crippen molar-refractivity contribution in [2.75, 3.05) is 13.2 Å². The second-order valence-electron chi connectivity index (χ2n) is 3.93. The van der Waals surface area contributed by atoms with E-state index in [4.69, 9.17) is 5.11 Å². The minimum absolute atomic E-state index is 0.121. The molecule has 5 nitrogen and oxygen atoms in total. The molecule has 0 amide bonds. The number of hydrogen-bond donors (Lipinski definition) is 2. The molecular formula is C11H14F2N2O3. The van der Waals surface area contributed by atoms with Crippen molar-refractivity contribution >= 4 is 5.69 Å². The van der Waals surface area contributed by atoms with Crippen LogP contribution in [0.15, 0.2) is 24.3 Å². The van der Waals surface area contributed by atoms with Crippen LogP contribution in [0.3, 0.4) is 0 Å². The maximum atomic E-state index is 12.8. The van der Waals surface area contributed by atoms with Crippen LogP contribution in [0.5, 0.6) is 0 Å². The van der Waals surface area contributed by atoms with Gasteiger partial charge in [-0.2, -0.15) is 0 Å². The predicted octanol–water partition coefficient (Wildman–Crippen LogP) is 1.87. The summed E-state index contributed by atoms with van der Waals surface area (Å²) in [4.78, 5) is 10.2. The van der Waals surface area contributed by atoms with Crippen molar-refractivity contribution in [1.82, 2.24) is 5.32 Å². The number of nitrogens with zero attached hydrogens (tertiary/aromatic N) is 1. The van der Waals surface area contributed by atoms with Crippen LogP contribution in [0, 0.1) is 10.1 Å². The fourth-order valence-electron chi connectivity index (χ4n) is 1.49. The zero-order valence-corrected chi connectivity index (χ0v) is 9.77. The van der Waals surface area contributed by atoms with E-state index in [2.05, 4.69) is 5.32 Å². The summed E-state index contributed by atoms with van der Waals surface area (Å²) in [5, 5.41) is 21.7. The lowest BCUT2D eigenvalue weighted by molar-refractivity contribution is -0.385. The highest BCUT2D eigenvalue weighted by Gasteiger charge is 2.29. The van der Waals surface area contributed by atoms with Gasteiger partial charge in [0.15, 0.2) is 0 Å². The number of alkyl halides is 2. The summed E-state index contributed by atoms with van der Waals surface area (Å²) in [5.41, 5.74) is 0.209. The van der Waals surface area contributed by atoms with Gasteiger partial charge < -0.3 is 10.4 Å². The molecule has 0 aliphatic carbocycles. The minimum atomic E-state index is -3.24. The highest BCUT2D eigenvalue weighted by Crippen LogP contribution is 2.25. The number of halogens is 2. The van der Waals surface area contributed by atoms with Gasteiger partial charge in [0.25, 0.3) is 11.6 Å². The van der Waals surface area contributed by atoms with Gasteiger partial charge in [0.2, 0.25) is 0 Å². The van der Waals surface area contributed by atoms with E-state index in [1.807, 2.05) is 0 Å². The van der Waals surface area contributed by atoms with E-state index in [1.54, 1.807) is 13.0 Å². The topological polar surface area (TPSA) is 75.4 Å². The Kier molecular flexibility index (Phi) is 4.69. The average molecular weight is 260 g/mol. The summed E-state index contributed by atoms with van der Waals surface area (Å²) < 4.78 is 25.7. The lowest BCUT2D eigenvalue weighted by Crippen LogP contribution is -2.37. The molecule has 0 heterocycles. The van der Waals surface area contributed by atoms with Crippen molar-refractivity contribution in [1.29, 1.82) is 0 Å². The third-order valence-electron chi connectivity index (χ3n) is 2.50. The molecule has 0 spiro atoms. The molecule has 0 radical (unpaired) electrons. The van der Waals surface area contributed by atoms with Crippen LogP contribution in [0.1, 0.15) is 18.5 Å². The van der Waals surface area contributed by atoms with Gasteiger partial charge in [0, 0.05) is 17.7 Å². The zero-order chi connectivity index (χ0) is 13.8. The molecule has 0 aromatic heterocycles. The summed E-state index contributed by atoms with van der Waals surface area (Å²) >= 11 is 0. The van der Waals surface area contributed by atoms with Crippen molar-refractivity contribution in [3.8, 4) is 0 Å². The van der Waals surface area contributed by atoms with E-state index >= 15 is 0 Å². The summed E-state index contributed by atoms with van der Waals surface area (Å²) in [6.45, 7) is -0.448. The van der Waals surface area contributed by atoms with E-state index in [1.165, 1.54) is 18.2 Å². The van der Waals surface area contributed by atoms with Gasteiger partial charge in [-0.1, -0.05) is 18.2 Å². The van der Waals surface area contributed by atoms with Gasteiger partial charge in [-0.25, -0.2) is 8.78 Å². The van der Waals surface area contributed by atoms with Crippen LogP contribution < -0.4 is 5.32 Å². The van der Waals surface area contributed by atoms with Gasteiger partial charge in [-0.3, -0.25) is 10.1 Å². The van der Waals surface area contributed by atoms with E-state index in [-0.39, 0.29) is 5.69 Å². The van der Waals surface area contributed by atoms with Crippen molar-refractivity contribution in [2.24, 2.45) is 0 Å². The van der Waals surface area contributed by atoms with Crippen LogP contribution in [0.2, 0.25) is 0 Å². The first kappa shape index (κ1) is 14.5. The third-order valence-corrected chi connectivity index (χ3v) is 2.50. The summed E-state index contributed by atoms with van der Waals surface area (Å²) in [7, 11) is 0. The molecule has 2 N–H and O–H groups in total. The third kappa shape index (κ3) is 3.71. The molecule has 0 bridgehead atoms. The number of benzene rings is 1. The van der Waals surface area contributed by atoms with Crippen molar-refractivity contribution in [2.45, 2.75) is 18.9 Å².